The summed E-state index contributed by atoms with van der Waals surface area (Å²) in [5.41, 5.74) is 31.4. The van der Waals surface area contributed by atoms with Crippen LogP contribution in [0.5, 0.6) is 0 Å². The van der Waals surface area contributed by atoms with Crippen LogP contribution in [-0.4, -0.2) is 0 Å². The maximum Gasteiger partial charge on any atom is 0.216 e. The summed E-state index contributed by atoms with van der Waals surface area (Å²) in [6.45, 7) is 37.5. The molecule has 10 aromatic carbocycles. The molecule has 15 heteroatoms. The molecule has 143 heavy (non-hydrogen) atoms. The Bertz CT molecular complexity index is 9840. The Labute approximate surface area is 866 Å². The summed E-state index contributed by atoms with van der Waals surface area (Å²) in [5, 5.41) is 56.5. The minimum absolute atomic E-state index is 0.0138. The number of hydrogen-bond acceptors (Lipinski definition) is 10. The van der Waals surface area contributed by atoms with E-state index < -0.39 is 50.5 Å². The van der Waals surface area contributed by atoms with Gasteiger partial charge in [0, 0.05) is 168 Å². The minimum atomic E-state index is -2.73. The molecule has 0 radical (unpaired) electrons. The summed E-state index contributed by atoms with van der Waals surface area (Å²) in [6.07, 6.45) is -4.75. The van der Waals surface area contributed by atoms with E-state index in [1.54, 1.807) is 75.2 Å². The molecule has 20 aromatic rings. The second-order valence-electron chi connectivity index (χ2n) is 38.9. The second-order valence-corrected chi connectivity index (χ2v) is 38.9. The molecule has 10 aromatic heterocycles. The van der Waals surface area contributed by atoms with E-state index in [9.17, 15) is 26.3 Å². The SMILES string of the molecule is [2H]C([2H])([2H])C([2H])(C)c1cc(C)[n+](C)c(-c2c(C)ccc3c2oc2cc(C)cc(C#N)c23)c1.[2H]C([2H])(c1cc(C)[n+](C)c(-c2c(C)ccc3c2oc2c(C)ccc(C#N)c23)c1)C(C)C.[2H]C([2H])(c1cc(C)[n+](C)c(-c2c(C)ccc3c2oc2cc(C)cc(C#N)c23)c1)C(C)C.[2H]c1c(C([2H])(C)C([2H])([2H])[2H])c([2H])c(-c2c(C)ccc3c2oc2cc(C)cc(C#N)c23)[n+](C)c1C.[2H]c1c(C([2H])([2H])C(C)C)c([2H])c(-c2c(C)ccc3c2oc2c(C)ccc(C#N)c23)[n+](C)c1C. The Morgan fingerprint density at radius 3 is 0.909 bits per heavy atom. The standard InChI is InChI=1S/3C26H27N2O.2C25H25N2O/c2*1-15(2)11-19-12-18(5)28(6)22(13-19)23-16(3)8-10-21-24-20(14-27)9-7-17(4)25(24)29-26(21)23;1-15(2)9-19-12-18(5)28(6)22(13-19)24-17(4)7-8-21-25-20(14-27)10-16(3)11-23(25)29-26(21)24;2*1-14(2)18-11-17(5)27(6)21(12-18)23-16(4)7-8-20-24-19(13-26)9-15(3)10-22(24)28-25(20)23/h2*7-10,12-13,15H,11H2,1-6H3;7-8,10-13,15H,9H2,1-6H3;2*7-12,14H,1-6H3/q5*+1/i11D2,12D,13D;11D2;9D2;1D3,11D,12D,14D;1D3,14D. The van der Waals surface area contributed by atoms with Crippen molar-refractivity contribution in [2.24, 2.45) is 53.0 Å². The summed E-state index contributed by atoms with van der Waals surface area (Å²) in [7, 11) is 9.41. The molecule has 718 valence electrons. The smallest absolute Gasteiger partial charge is 0.216 e. The van der Waals surface area contributed by atoms with Crippen molar-refractivity contribution in [1.29, 1.82) is 26.3 Å². The molecule has 0 amide bonds. The fraction of sp³-hybridized carbons (Fsp3) is 0.297. The lowest BCUT2D eigenvalue weighted by molar-refractivity contribution is -0.666. The topological polar surface area (TPSA) is 204 Å². The Hall–Kier alpha value is -15.6. The predicted molar refractivity (Wildman–Crippen MR) is 580 cm³/mol. The number of pyridine rings is 5. The summed E-state index contributed by atoms with van der Waals surface area (Å²) in [4.78, 5) is 0. The number of furan rings is 5. The third-order valence-electron chi connectivity index (χ3n) is 27.1. The highest BCUT2D eigenvalue weighted by Gasteiger charge is 2.33. The number of nitrogens with zero attached hydrogens (tertiary/aromatic N) is 10. The Morgan fingerprint density at radius 1 is 0.280 bits per heavy atom. The first-order chi connectivity index (χ1) is 75.1. The number of fused-ring (bicyclic) bond motifs is 15. The molecular formula is C128H131N10O5+5. The van der Waals surface area contributed by atoms with E-state index in [0.717, 1.165) is 166 Å². The zero-order valence-electron chi connectivity index (χ0n) is 105. The third kappa shape index (κ3) is 18.9. The van der Waals surface area contributed by atoms with Gasteiger partial charge in [-0.2, -0.15) is 49.1 Å². The van der Waals surface area contributed by atoms with Crippen molar-refractivity contribution < 1.29 is 69.6 Å². The van der Waals surface area contributed by atoms with Gasteiger partial charge in [0.2, 0.25) is 28.5 Å². The maximum absolute atomic E-state index is 9.72. The number of aromatic nitrogens is 5. The molecule has 2 unspecified atom stereocenters. The molecule has 0 aliphatic rings. The van der Waals surface area contributed by atoms with E-state index in [1.807, 2.05) is 271 Å². The Kier molecular flexibility index (Phi) is 22.2. The monoisotopic (exact) mass is 1910 g/mol. The van der Waals surface area contributed by atoms with Gasteiger partial charge in [-0.15, -0.1) is 0 Å². The van der Waals surface area contributed by atoms with Gasteiger partial charge < -0.3 is 22.1 Å². The molecule has 0 N–H and O–H groups in total. The first-order valence-electron chi connectivity index (χ1n) is 57.0. The lowest BCUT2D eigenvalue weighted by Gasteiger charge is -2.11. The highest BCUT2D eigenvalue weighted by Crippen LogP contribution is 2.47. The number of hydrogen-bond donors (Lipinski definition) is 0. The maximum atomic E-state index is 9.72. The van der Waals surface area contributed by atoms with Crippen LogP contribution in [0, 0.1) is 178 Å². The molecule has 15 nitrogen and oxygen atoms in total. The van der Waals surface area contributed by atoms with Crippen molar-refractivity contribution in [2.45, 2.75) is 204 Å². The minimum Gasteiger partial charge on any atom is -0.455 e. The third-order valence-corrected chi connectivity index (χ3v) is 27.1. The van der Waals surface area contributed by atoms with Gasteiger partial charge in [-0.05, 0) is 250 Å². The van der Waals surface area contributed by atoms with Crippen molar-refractivity contribution in [2.75, 3.05) is 0 Å². The molecule has 0 aliphatic carbocycles. The van der Waals surface area contributed by atoms with Crippen LogP contribution in [0.1, 0.15) is 245 Å². The molecule has 0 bridgehead atoms. The quantitative estimate of drug-likeness (QED) is 0.0999. The molecule has 0 spiro atoms. The van der Waals surface area contributed by atoms with Crippen molar-refractivity contribution in [3.63, 3.8) is 0 Å². The molecule has 20 rings (SSSR count). The van der Waals surface area contributed by atoms with Crippen LogP contribution in [0.25, 0.3) is 166 Å². The van der Waals surface area contributed by atoms with Crippen molar-refractivity contribution in [1.82, 2.24) is 0 Å². The summed E-state index contributed by atoms with van der Waals surface area (Å²) >= 11 is 0. The Morgan fingerprint density at radius 2 is 0.566 bits per heavy atom. The molecule has 0 fully saturated rings. The van der Waals surface area contributed by atoms with E-state index in [0.29, 0.717) is 128 Å². The van der Waals surface area contributed by atoms with E-state index >= 15 is 0 Å². The first kappa shape index (κ1) is 79.1. The normalized spacial score (nSPS) is 14.6. The van der Waals surface area contributed by atoms with Crippen molar-refractivity contribution in [3.8, 4) is 86.6 Å². The molecule has 0 aliphatic heterocycles. The van der Waals surface area contributed by atoms with Crippen LogP contribution in [0.2, 0.25) is 0 Å². The van der Waals surface area contributed by atoms with Crippen LogP contribution >= 0.6 is 0 Å². The molecule has 10 heterocycles. The van der Waals surface area contributed by atoms with Gasteiger partial charge >= 0.3 is 0 Å². The van der Waals surface area contributed by atoms with Crippen LogP contribution in [0.3, 0.4) is 0 Å². The largest absolute Gasteiger partial charge is 0.455 e. The molecule has 2 atom stereocenters. The number of rotatable bonds is 13. The number of benzene rings is 10. The average molecular weight is 1910 g/mol. The van der Waals surface area contributed by atoms with Crippen LogP contribution in [-0.2, 0) is 54.4 Å². The summed E-state index contributed by atoms with van der Waals surface area (Å²) in [5.74, 6) is -4.64. The van der Waals surface area contributed by atoms with Gasteiger partial charge in [0.25, 0.3) is 0 Å². The van der Waals surface area contributed by atoms with Gasteiger partial charge in [-0.3, -0.25) is 0 Å². The van der Waals surface area contributed by atoms with E-state index in [2.05, 4.69) is 45.5 Å². The van der Waals surface area contributed by atoms with Gasteiger partial charge in [0.05, 0.1) is 91.5 Å². The lowest BCUT2D eigenvalue weighted by Crippen LogP contribution is -2.35. The van der Waals surface area contributed by atoms with Gasteiger partial charge in [-0.1, -0.05) is 142 Å². The fourth-order valence-corrected chi connectivity index (χ4v) is 19.5. The first-order valence-corrected chi connectivity index (χ1v) is 48.0. The molecular weight excluding hydrogens is 1760 g/mol. The lowest BCUT2D eigenvalue weighted by atomic mass is 9.95. The van der Waals surface area contributed by atoms with E-state index in [1.165, 1.54) is 13.8 Å². The highest BCUT2D eigenvalue weighted by atomic mass is 16.3. The zero-order valence-corrected chi connectivity index (χ0v) is 86.8. The molecule has 0 saturated carbocycles. The fourth-order valence-electron chi connectivity index (χ4n) is 19.5. The van der Waals surface area contributed by atoms with Gasteiger partial charge in [0.15, 0.2) is 28.5 Å². The highest BCUT2D eigenvalue weighted by molar-refractivity contribution is 6.17. The second kappa shape index (κ2) is 40.2. The van der Waals surface area contributed by atoms with Crippen molar-refractivity contribution >= 4 is 110 Å². The van der Waals surface area contributed by atoms with Crippen LogP contribution in [0.15, 0.2) is 204 Å². The van der Waals surface area contributed by atoms with E-state index in [-0.39, 0.29) is 47.1 Å². The van der Waals surface area contributed by atoms with Crippen LogP contribution < -0.4 is 22.8 Å². The molecule has 0 saturated heterocycles. The van der Waals surface area contributed by atoms with Crippen molar-refractivity contribution in [3.05, 3.63) is 322 Å². The zero-order chi connectivity index (χ0) is 119. The van der Waals surface area contributed by atoms with Crippen LogP contribution in [0.4, 0.5) is 0 Å². The summed E-state index contributed by atoms with van der Waals surface area (Å²) in [6, 6.07) is 60.7. The van der Waals surface area contributed by atoms with E-state index in [4.69, 9.17) is 46.8 Å². The van der Waals surface area contributed by atoms with Gasteiger partial charge in [0.1, 0.15) is 91.1 Å². The number of nitriles is 5. The number of aryl methyl sites for hydroxylation is 13. The predicted octanol–water partition coefficient (Wildman–Crippen LogP) is 30.2. The average Bonchev–Trinajstić information content (AvgIpc) is 1.64. The Balaban J connectivity index is 0.000000142. The van der Waals surface area contributed by atoms with Gasteiger partial charge in [-0.25, -0.2) is 0 Å². The summed E-state index contributed by atoms with van der Waals surface area (Å²) < 4.78 is 193.